The van der Waals surface area contributed by atoms with Gasteiger partial charge in [-0.15, -0.1) is 0 Å². The van der Waals surface area contributed by atoms with E-state index in [0.29, 0.717) is 113 Å². The topological polar surface area (TPSA) is 117 Å². The van der Waals surface area contributed by atoms with Gasteiger partial charge in [-0.25, -0.2) is 0 Å². The molecule has 0 fully saturated rings. The van der Waals surface area contributed by atoms with Crippen molar-refractivity contribution in [2.45, 2.75) is 125 Å². The largest absolute Gasteiger partial charge is 0.332 e. The van der Waals surface area contributed by atoms with Gasteiger partial charge in [0.2, 0.25) is 0 Å². The van der Waals surface area contributed by atoms with Crippen LogP contribution in [-0.4, -0.2) is 73.0 Å². The molecule has 0 spiro atoms. The van der Waals surface area contributed by atoms with E-state index in [1.165, 1.54) is 0 Å². The van der Waals surface area contributed by atoms with E-state index in [4.69, 9.17) is 50.3 Å². The van der Waals surface area contributed by atoms with Gasteiger partial charge >= 0.3 is 25.8 Å². The van der Waals surface area contributed by atoms with E-state index in [1.54, 1.807) is 0 Å². The van der Waals surface area contributed by atoms with Crippen LogP contribution in [0.3, 0.4) is 0 Å². The SMILES string of the molecule is CC(C)COP(OCC(C)C)OCC(C)C.CC(C)COP(OCC(C)C)OCC(C)C.CC(C)COP(OCC(C)C)OCC(C)C.[C]=O.[C]=O.[Ru]. The number of hydrogen-bond acceptors (Lipinski definition) is 11. The van der Waals surface area contributed by atoms with Gasteiger partial charge in [-0.1, -0.05) is 125 Å². The van der Waals surface area contributed by atoms with Crippen molar-refractivity contribution >= 4 is 39.4 Å². The molecule has 0 rings (SSSR count). The molecule has 0 unspecified atom stereocenters. The van der Waals surface area contributed by atoms with Crippen LogP contribution in [0.5, 0.6) is 0 Å². The molecule has 0 aromatic heterocycles. The summed E-state index contributed by atoms with van der Waals surface area (Å²) in [5.74, 6) is 4.59. The number of carbonyl (C=O) groups excluding carboxylic acids is 2. The molecule has 0 bridgehead atoms. The minimum atomic E-state index is -1.16. The molecule has 11 nitrogen and oxygen atoms in total. The molecule has 4 radical (unpaired) electrons. The Labute approximate surface area is 345 Å². The molecular formula is C38H81O11P3Ru. The van der Waals surface area contributed by atoms with Crippen molar-refractivity contribution in [1.82, 2.24) is 0 Å². The normalized spacial score (nSPS) is 11.4. The van der Waals surface area contributed by atoms with Crippen molar-refractivity contribution in [1.29, 1.82) is 0 Å². The monoisotopic (exact) mass is 908 g/mol. The Morgan fingerprint density at radius 3 is 0.396 bits per heavy atom. The second-order valence-corrected chi connectivity index (χ2v) is 19.5. The van der Waals surface area contributed by atoms with Crippen molar-refractivity contribution in [3.8, 4) is 0 Å². The molecule has 322 valence electrons. The summed E-state index contributed by atoms with van der Waals surface area (Å²) in [5, 5.41) is 0. The molecule has 15 heteroatoms. The smallest absolute Gasteiger partial charge is 0.312 e. The molecule has 0 amide bonds. The average molecular weight is 908 g/mol. The van der Waals surface area contributed by atoms with Gasteiger partial charge in [0.05, 0.1) is 59.5 Å². The minimum absolute atomic E-state index is 0. The van der Waals surface area contributed by atoms with Gasteiger partial charge < -0.3 is 40.7 Å². The molecular weight excluding hydrogens is 826 g/mol. The van der Waals surface area contributed by atoms with Gasteiger partial charge in [0.25, 0.3) is 13.6 Å². The summed E-state index contributed by atoms with van der Waals surface area (Å²) in [6.45, 7) is 53.5. The van der Waals surface area contributed by atoms with Crippen molar-refractivity contribution in [3.05, 3.63) is 0 Å². The Kier molecular flexibility index (Phi) is 58.6. The quantitative estimate of drug-likeness (QED) is 0.0579. The van der Waals surface area contributed by atoms with Gasteiger partial charge in [-0.05, 0) is 53.3 Å². The minimum Gasteiger partial charge on any atom is -0.312 e. The molecule has 0 N–H and O–H groups in total. The standard InChI is InChI=1S/3C12H27O3P.2CO.Ru/c3*1-10(2)7-13-16(14-8-11(3)4)15-9-12(5)6;2*1-2;/h3*10-12H,7-9H2,1-6H3;;;. The van der Waals surface area contributed by atoms with Gasteiger partial charge in [-0.3, -0.25) is 9.59 Å². The first kappa shape index (κ1) is 65.7. The van der Waals surface area contributed by atoms with E-state index < -0.39 is 25.8 Å². The summed E-state index contributed by atoms with van der Waals surface area (Å²) in [7, 11) is -3.47. The fourth-order valence-corrected chi connectivity index (χ4v) is 6.67. The summed E-state index contributed by atoms with van der Waals surface area (Å²) >= 11 is 0. The van der Waals surface area contributed by atoms with Gasteiger partial charge in [0.1, 0.15) is 0 Å². The maximum Gasteiger partial charge on any atom is 0.332 e. The van der Waals surface area contributed by atoms with Gasteiger partial charge in [0, 0.05) is 19.5 Å². The molecule has 0 heterocycles. The summed E-state index contributed by atoms with van der Waals surface area (Å²) in [6.07, 6.45) is 0. The van der Waals surface area contributed by atoms with Gasteiger partial charge in [0.15, 0.2) is 0 Å². The van der Waals surface area contributed by atoms with Crippen LogP contribution < -0.4 is 0 Å². The van der Waals surface area contributed by atoms with Crippen molar-refractivity contribution in [3.63, 3.8) is 0 Å². The van der Waals surface area contributed by atoms with E-state index in [0.717, 1.165) is 0 Å². The van der Waals surface area contributed by atoms with Gasteiger partial charge in [-0.2, -0.15) is 0 Å². The van der Waals surface area contributed by atoms with Crippen LogP contribution in [0.25, 0.3) is 0 Å². The van der Waals surface area contributed by atoms with E-state index >= 15 is 0 Å². The third-order valence-electron chi connectivity index (χ3n) is 4.62. The van der Waals surface area contributed by atoms with Crippen molar-refractivity contribution in [2.75, 3.05) is 59.5 Å². The van der Waals surface area contributed by atoms with Crippen molar-refractivity contribution in [2.24, 2.45) is 53.3 Å². The molecule has 0 aromatic rings. The van der Waals surface area contributed by atoms with Crippen LogP contribution in [0.1, 0.15) is 125 Å². The van der Waals surface area contributed by atoms with Crippen LogP contribution in [0.2, 0.25) is 0 Å². The first-order valence-electron chi connectivity index (χ1n) is 18.7. The van der Waals surface area contributed by atoms with E-state index in [1.807, 2.05) is 0 Å². The van der Waals surface area contributed by atoms with Crippen LogP contribution in [0, 0.1) is 53.3 Å². The maximum atomic E-state index is 7.50. The molecule has 0 atom stereocenters. The fraction of sp³-hybridized carbons (Fsp3) is 0.947. The predicted molar refractivity (Wildman–Crippen MR) is 219 cm³/mol. The second kappa shape index (κ2) is 47.3. The fourth-order valence-electron chi connectivity index (χ4n) is 2.22. The number of rotatable bonds is 27. The molecule has 0 aromatic carbocycles. The third kappa shape index (κ3) is 65.0. The predicted octanol–water partition coefficient (Wildman–Crippen LogP) is 11.9. The van der Waals surface area contributed by atoms with E-state index in [2.05, 4.69) is 138 Å². The Balaban J connectivity index is -0.000000148. The summed E-state index contributed by atoms with van der Waals surface area (Å²) < 4.78 is 50.6. The molecule has 0 aliphatic carbocycles. The van der Waals surface area contributed by atoms with Crippen LogP contribution in [0.4, 0.5) is 0 Å². The molecule has 0 aliphatic heterocycles. The molecule has 0 saturated carbocycles. The van der Waals surface area contributed by atoms with Crippen LogP contribution >= 0.6 is 25.8 Å². The average Bonchev–Trinajstić information content (AvgIpc) is 3.05. The number of hydrogen-bond donors (Lipinski definition) is 0. The third-order valence-corrected chi connectivity index (χ3v) is 7.86. The Bertz CT molecular complexity index is 521. The molecule has 53 heavy (non-hydrogen) atoms. The first-order chi connectivity index (χ1) is 24.2. The first-order valence-corrected chi connectivity index (χ1v) is 22.0. The maximum absolute atomic E-state index is 7.50. The zero-order valence-corrected chi connectivity index (χ0v) is 41.2. The molecule has 0 aliphatic rings. The molecule has 0 saturated heterocycles. The zero-order valence-electron chi connectivity index (χ0n) is 36.7. The van der Waals surface area contributed by atoms with E-state index in [9.17, 15) is 0 Å². The Morgan fingerprint density at radius 2 is 0.340 bits per heavy atom. The second-order valence-electron chi connectivity index (χ2n) is 15.9. The Morgan fingerprint density at radius 1 is 0.264 bits per heavy atom. The Hall–Kier alpha value is 0.893. The summed E-state index contributed by atoms with van der Waals surface area (Å²) in [4.78, 5) is 15.0. The summed E-state index contributed by atoms with van der Waals surface area (Å²) in [6, 6.07) is 0. The van der Waals surface area contributed by atoms with Crippen molar-refractivity contribution < 1.29 is 69.8 Å². The summed E-state index contributed by atoms with van der Waals surface area (Å²) in [5.41, 5.74) is 0. The van der Waals surface area contributed by atoms with Crippen LogP contribution in [0.15, 0.2) is 0 Å². The van der Waals surface area contributed by atoms with Crippen LogP contribution in [-0.2, 0) is 69.8 Å². The van der Waals surface area contributed by atoms with E-state index in [-0.39, 0.29) is 19.5 Å². The zero-order chi connectivity index (χ0) is 41.7.